The third-order valence-electron chi connectivity index (χ3n) is 7.71. The summed E-state index contributed by atoms with van der Waals surface area (Å²) in [5.74, 6) is -1.95. The molecular weight excluding hydrogens is 536 g/mol. The number of carbonyl (C=O) groups is 2. The number of anilines is 1. The third kappa shape index (κ3) is 5.47. The first-order valence-electron chi connectivity index (χ1n) is 13.8. The lowest BCUT2D eigenvalue weighted by atomic mass is 9.68. The van der Waals surface area contributed by atoms with Crippen LogP contribution in [0.5, 0.6) is 0 Å². The molecule has 0 aliphatic carbocycles. The maximum Gasteiger partial charge on any atom is 0.334 e. The van der Waals surface area contributed by atoms with E-state index in [1.165, 1.54) is 6.92 Å². The Kier molecular flexibility index (Phi) is 8.33. The van der Waals surface area contributed by atoms with Crippen LogP contribution in [0, 0.1) is 23.0 Å². The molecule has 1 aliphatic heterocycles. The molecule has 1 amide bonds. The van der Waals surface area contributed by atoms with E-state index in [0.717, 1.165) is 11.1 Å². The van der Waals surface area contributed by atoms with E-state index in [2.05, 4.69) is 10.5 Å². The Morgan fingerprint density at radius 2 is 1.71 bits per heavy atom. The van der Waals surface area contributed by atoms with Gasteiger partial charge in [-0.05, 0) is 36.6 Å². The monoisotopic (exact) mass is 568 g/mol. The molecule has 5 rings (SSSR count). The summed E-state index contributed by atoms with van der Waals surface area (Å²) < 4.78 is 11.0. The van der Waals surface area contributed by atoms with Gasteiger partial charge in [-0.3, -0.25) is 19.7 Å². The van der Waals surface area contributed by atoms with Crippen LogP contribution in [0.4, 0.5) is 11.4 Å². The average Bonchev–Trinajstić information content (AvgIpc) is 3.50. The molecule has 0 saturated carbocycles. The van der Waals surface area contributed by atoms with E-state index < -0.39 is 22.2 Å². The molecule has 4 aromatic rings. The molecule has 10 heteroatoms. The van der Waals surface area contributed by atoms with Gasteiger partial charge in [0.2, 0.25) is 11.7 Å². The predicted octanol–water partition coefficient (Wildman–Crippen LogP) is 5.21. The topological polar surface area (TPSA) is 128 Å². The summed E-state index contributed by atoms with van der Waals surface area (Å²) in [7, 11) is 0. The van der Waals surface area contributed by atoms with Crippen LogP contribution in [0.1, 0.15) is 35.1 Å². The molecule has 216 valence electrons. The van der Waals surface area contributed by atoms with Gasteiger partial charge in [0.1, 0.15) is 0 Å². The fourth-order valence-electron chi connectivity index (χ4n) is 5.78. The van der Waals surface area contributed by atoms with Crippen molar-refractivity contribution in [3.05, 3.63) is 123 Å². The molecule has 1 saturated heterocycles. The number of aryl methyl sites for hydroxylation is 1. The third-order valence-corrected chi connectivity index (χ3v) is 7.71. The smallest absolute Gasteiger partial charge is 0.334 e. The summed E-state index contributed by atoms with van der Waals surface area (Å²) in [6, 6.07) is 26.5. The first kappa shape index (κ1) is 28.5. The van der Waals surface area contributed by atoms with Gasteiger partial charge in [0, 0.05) is 31.7 Å². The molecule has 10 nitrogen and oxygen atoms in total. The second-order valence-corrected chi connectivity index (χ2v) is 10.3. The molecule has 0 spiro atoms. The Labute approximate surface area is 243 Å². The van der Waals surface area contributed by atoms with Gasteiger partial charge in [0.25, 0.3) is 0 Å². The molecule has 1 aliphatic rings. The number of benzene rings is 3. The molecule has 2 atom stereocenters. The zero-order valence-electron chi connectivity index (χ0n) is 23.5. The maximum atomic E-state index is 14.7. The average molecular weight is 569 g/mol. The number of likely N-dealkylation sites (tertiary alicyclic amines) is 1. The van der Waals surface area contributed by atoms with Gasteiger partial charge in [-0.25, -0.2) is 0 Å². The molecule has 1 fully saturated rings. The lowest BCUT2D eigenvalue weighted by molar-refractivity contribution is -0.386. The van der Waals surface area contributed by atoms with E-state index >= 15 is 0 Å². The van der Waals surface area contributed by atoms with E-state index in [4.69, 9.17) is 9.26 Å². The summed E-state index contributed by atoms with van der Waals surface area (Å²) in [4.78, 5) is 41.5. The van der Waals surface area contributed by atoms with Crippen molar-refractivity contribution < 1.29 is 23.8 Å². The number of amides is 1. The van der Waals surface area contributed by atoms with Crippen LogP contribution in [-0.4, -0.2) is 40.0 Å². The molecule has 0 radical (unpaired) electrons. The van der Waals surface area contributed by atoms with Crippen LogP contribution >= 0.6 is 0 Å². The van der Waals surface area contributed by atoms with Crippen LogP contribution in [0.3, 0.4) is 0 Å². The first-order chi connectivity index (χ1) is 20.3. The lowest BCUT2D eigenvalue weighted by Gasteiger charge is -2.33. The van der Waals surface area contributed by atoms with Crippen molar-refractivity contribution >= 4 is 23.3 Å². The number of hydrogen-bond acceptors (Lipinski definition) is 8. The molecule has 1 N–H and O–H groups in total. The predicted molar refractivity (Wildman–Crippen MR) is 155 cm³/mol. The normalized spacial score (nSPS) is 18.2. The highest BCUT2D eigenvalue weighted by Crippen LogP contribution is 2.48. The van der Waals surface area contributed by atoms with Crippen LogP contribution in [0.15, 0.2) is 89.5 Å². The molecular formula is C32H32N4O6. The van der Waals surface area contributed by atoms with Crippen LogP contribution < -0.4 is 5.32 Å². The van der Waals surface area contributed by atoms with Crippen molar-refractivity contribution in [2.45, 2.75) is 38.8 Å². The number of nitrogens with zero attached hydrogens (tertiary/aromatic N) is 3. The van der Waals surface area contributed by atoms with Crippen molar-refractivity contribution in [2.24, 2.45) is 5.92 Å². The number of hydrogen-bond donors (Lipinski definition) is 1. The zero-order chi connectivity index (χ0) is 29.7. The van der Waals surface area contributed by atoms with Gasteiger partial charge in [-0.2, -0.15) is 0 Å². The number of para-hydroxylation sites is 1. The minimum Gasteiger partial charge on any atom is -0.466 e. The Morgan fingerprint density at radius 1 is 1.07 bits per heavy atom. The molecule has 0 bridgehead atoms. The van der Waals surface area contributed by atoms with E-state index in [9.17, 15) is 19.7 Å². The van der Waals surface area contributed by atoms with Crippen LogP contribution in [-0.2, 0) is 39.3 Å². The molecule has 3 aromatic carbocycles. The van der Waals surface area contributed by atoms with Crippen molar-refractivity contribution in [2.75, 3.05) is 18.5 Å². The lowest BCUT2D eigenvalue weighted by Crippen LogP contribution is -2.46. The van der Waals surface area contributed by atoms with E-state index in [1.54, 1.807) is 24.0 Å². The Balaban J connectivity index is 1.67. The molecule has 2 heterocycles. The van der Waals surface area contributed by atoms with Crippen molar-refractivity contribution in [3.8, 4) is 0 Å². The van der Waals surface area contributed by atoms with E-state index in [-0.39, 0.29) is 49.2 Å². The second-order valence-electron chi connectivity index (χ2n) is 10.3. The number of esters is 1. The summed E-state index contributed by atoms with van der Waals surface area (Å²) in [5.41, 5.74) is 1.29. The summed E-state index contributed by atoms with van der Waals surface area (Å²) in [6.45, 7) is 4.09. The van der Waals surface area contributed by atoms with Gasteiger partial charge in [-0.15, -0.1) is 0 Å². The number of aromatic nitrogens is 1. The summed E-state index contributed by atoms with van der Waals surface area (Å²) in [5, 5.41) is 19.3. The van der Waals surface area contributed by atoms with Gasteiger partial charge in [-0.1, -0.05) is 84.0 Å². The molecule has 1 aromatic heterocycles. The van der Waals surface area contributed by atoms with E-state index in [0.29, 0.717) is 17.8 Å². The molecule has 42 heavy (non-hydrogen) atoms. The Bertz CT molecular complexity index is 1570. The Hall–Kier alpha value is -4.99. The summed E-state index contributed by atoms with van der Waals surface area (Å²) in [6.07, 6.45) is -0.248. The first-order valence-corrected chi connectivity index (χ1v) is 13.8. The number of rotatable bonds is 11. The van der Waals surface area contributed by atoms with E-state index in [1.807, 2.05) is 72.8 Å². The van der Waals surface area contributed by atoms with Crippen molar-refractivity contribution in [3.63, 3.8) is 0 Å². The van der Waals surface area contributed by atoms with Gasteiger partial charge < -0.3 is 19.5 Å². The number of ether oxygens (including phenoxy) is 1. The Morgan fingerprint density at radius 3 is 2.38 bits per heavy atom. The fourth-order valence-corrected chi connectivity index (χ4v) is 5.78. The second kappa shape index (κ2) is 12.3. The highest BCUT2D eigenvalue weighted by atomic mass is 16.6. The maximum absolute atomic E-state index is 14.7. The van der Waals surface area contributed by atoms with Crippen LogP contribution in [0.2, 0.25) is 0 Å². The highest BCUT2D eigenvalue weighted by Gasteiger charge is 2.60. The molecule has 2 unspecified atom stereocenters. The largest absolute Gasteiger partial charge is 0.466 e. The van der Waals surface area contributed by atoms with Gasteiger partial charge in [0.05, 0.1) is 22.9 Å². The minimum absolute atomic E-state index is 0.0698. The fraction of sp³-hybridized carbons (Fsp3) is 0.281. The number of carbonyl (C=O) groups excluding carboxylic acids is 2. The zero-order valence-corrected chi connectivity index (χ0v) is 23.5. The minimum atomic E-state index is -1.57. The number of nitro groups is 1. The van der Waals surface area contributed by atoms with Crippen LogP contribution in [0.25, 0.3) is 0 Å². The van der Waals surface area contributed by atoms with Gasteiger partial charge in [0.15, 0.2) is 5.69 Å². The number of nitrogens with one attached hydrogen (secondary N) is 1. The van der Waals surface area contributed by atoms with Crippen molar-refractivity contribution in [1.82, 2.24) is 10.1 Å². The quantitative estimate of drug-likeness (QED) is 0.148. The summed E-state index contributed by atoms with van der Waals surface area (Å²) >= 11 is 0. The highest BCUT2D eigenvalue weighted by molar-refractivity contribution is 5.99. The van der Waals surface area contributed by atoms with Crippen molar-refractivity contribution in [1.29, 1.82) is 0 Å². The SMILES string of the molecule is CCOC(=O)C1CN(Cc2ccccc2)C(=O)C1(Cc1onc(C)c1[N+](=O)[O-])c1ccccc1NCc1ccccc1. The van der Waals surface area contributed by atoms with Gasteiger partial charge >= 0.3 is 11.7 Å². The standard InChI is InChI=1S/C32H32N4O6/c1-3-41-30(37)26-21-35(20-24-14-8-5-9-15-24)31(38)32(26,18-28-29(36(39)40)22(2)34-42-28)25-16-10-11-17-27(25)33-19-23-12-6-4-7-13-23/h4-17,26,33H,3,18-21H2,1-2H3.